The monoisotopic (exact) mass is 412 g/mol. The van der Waals surface area contributed by atoms with Gasteiger partial charge in [0.2, 0.25) is 5.91 Å². The molecule has 0 bridgehead atoms. The molecule has 0 aromatic heterocycles. The van der Waals surface area contributed by atoms with E-state index >= 15 is 0 Å². The van der Waals surface area contributed by atoms with E-state index in [0.717, 1.165) is 29.7 Å². The van der Waals surface area contributed by atoms with Crippen molar-refractivity contribution in [2.24, 2.45) is 0 Å². The molecule has 0 saturated carbocycles. The Morgan fingerprint density at radius 2 is 1.83 bits per heavy atom. The molecule has 0 spiro atoms. The van der Waals surface area contributed by atoms with Crippen molar-refractivity contribution in [1.29, 1.82) is 0 Å². The van der Waals surface area contributed by atoms with Crippen LogP contribution in [0.3, 0.4) is 0 Å². The fraction of sp³-hybridized carbons (Fsp3) is 0.417. The minimum absolute atomic E-state index is 0.133. The number of hydrogen-bond donors (Lipinski definition) is 1. The van der Waals surface area contributed by atoms with Gasteiger partial charge in [-0.25, -0.2) is 0 Å². The van der Waals surface area contributed by atoms with E-state index in [0.29, 0.717) is 18.8 Å². The fourth-order valence-electron chi connectivity index (χ4n) is 2.98. The van der Waals surface area contributed by atoms with Crippen molar-refractivity contribution in [3.8, 4) is 11.5 Å². The molecular formula is C24H32N2O4. The number of rotatable bonds is 11. The molecule has 0 heterocycles. The van der Waals surface area contributed by atoms with Crippen LogP contribution < -0.4 is 14.8 Å². The average molecular weight is 413 g/mol. The van der Waals surface area contributed by atoms with E-state index in [1.165, 1.54) is 0 Å². The van der Waals surface area contributed by atoms with Crippen LogP contribution >= 0.6 is 0 Å². The van der Waals surface area contributed by atoms with E-state index in [2.05, 4.69) is 12.2 Å². The molecule has 1 N–H and O–H groups in total. The zero-order chi connectivity index (χ0) is 21.9. The third kappa shape index (κ3) is 7.10. The molecule has 2 rings (SSSR count). The molecule has 0 fully saturated rings. The number of hydrogen-bond acceptors (Lipinski definition) is 4. The highest BCUT2D eigenvalue weighted by Gasteiger charge is 2.26. The predicted molar refractivity (Wildman–Crippen MR) is 118 cm³/mol. The number of ether oxygens (including phenoxy) is 2. The summed E-state index contributed by atoms with van der Waals surface area (Å²) in [5.74, 6) is 0.962. The van der Waals surface area contributed by atoms with Crippen molar-refractivity contribution in [3.05, 3.63) is 59.7 Å². The standard InChI is InChI=1S/C24H32N2O4/c1-5-6-14-25-24(28)19(3)26(16-20-10-12-21(29-4)13-11-20)23(27)17-30-22-9-7-8-18(2)15-22/h7-13,15,19H,5-6,14,16-17H2,1-4H3,(H,25,28)/t19-/m1/s1. The lowest BCUT2D eigenvalue weighted by Crippen LogP contribution is -2.49. The predicted octanol–water partition coefficient (Wildman–Crippen LogP) is 3.72. The van der Waals surface area contributed by atoms with Gasteiger partial charge in [0, 0.05) is 13.1 Å². The van der Waals surface area contributed by atoms with Gasteiger partial charge in [-0.05, 0) is 55.7 Å². The number of carbonyl (C=O) groups excluding carboxylic acids is 2. The number of nitrogens with one attached hydrogen (secondary N) is 1. The van der Waals surface area contributed by atoms with E-state index in [1.54, 1.807) is 18.9 Å². The van der Waals surface area contributed by atoms with Crippen molar-refractivity contribution in [2.75, 3.05) is 20.3 Å². The molecule has 0 aliphatic carbocycles. The van der Waals surface area contributed by atoms with E-state index in [4.69, 9.17) is 9.47 Å². The lowest BCUT2D eigenvalue weighted by atomic mass is 10.1. The van der Waals surface area contributed by atoms with Crippen molar-refractivity contribution in [3.63, 3.8) is 0 Å². The zero-order valence-electron chi connectivity index (χ0n) is 18.3. The van der Waals surface area contributed by atoms with E-state index in [9.17, 15) is 9.59 Å². The quantitative estimate of drug-likeness (QED) is 0.571. The molecule has 2 aromatic rings. The molecule has 2 amide bonds. The zero-order valence-corrected chi connectivity index (χ0v) is 18.3. The molecule has 2 aromatic carbocycles. The topological polar surface area (TPSA) is 67.9 Å². The van der Waals surface area contributed by atoms with Crippen LogP contribution in [0, 0.1) is 6.92 Å². The van der Waals surface area contributed by atoms with Crippen molar-refractivity contribution in [2.45, 2.75) is 46.2 Å². The Kier molecular flexibility index (Phi) is 9.19. The average Bonchev–Trinajstić information content (AvgIpc) is 2.76. The fourth-order valence-corrected chi connectivity index (χ4v) is 2.98. The maximum Gasteiger partial charge on any atom is 0.261 e. The molecule has 6 nitrogen and oxygen atoms in total. The molecular weight excluding hydrogens is 380 g/mol. The lowest BCUT2D eigenvalue weighted by molar-refractivity contribution is -0.142. The summed E-state index contributed by atoms with van der Waals surface area (Å²) in [4.78, 5) is 27.2. The van der Waals surface area contributed by atoms with E-state index in [1.807, 2.05) is 55.5 Å². The van der Waals surface area contributed by atoms with Gasteiger partial charge < -0.3 is 19.7 Å². The van der Waals surface area contributed by atoms with Gasteiger partial charge in [-0.3, -0.25) is 9.59 Å². The van der Waals surface area contributed by atoms with Crippen LogP contribution in [0.25, 0.3) is 0 Å². The van der Waals surface area contributed by atoms with Gasteiger partial charge in [-0.15, -0.1) is 0 Å². The minimum atomic E-state index is -0.613. The van der Waals surface area contributed by atoms with Crippen molar-refractivity contribution < 1.29 is 19.1 Å². The summed E-state index contributed by atoms with van der Waals surface area (Å²) in [7, 11) is 1.61. The van der Waals surface area contributed by atoms with Crippen LogP contribution in [0.4, 0.5) is 0 Å². The number of amides is 2. The number of carbonyl (C=O) groups is 2. The first-order valence-corrected chi connectivity index (χ1v) is 10.3. The molecule has 0 aliphatic heterocycles. The van der Waals surface area contributed by atoms with Crippen LogP contribution in [0.2, 0.25) is 0 Å². The minimum Gasteiger partial charge on any atom is -0.497 e. The third-order valence-corrected chi connectivity index (χ3v) is 4.86. The van der Waals surface area contributed by atoms with Gasteiger partial charge in [0.25, 0.3) is 5.91 Å². The number of benzene rings is 2. The number of nitrogens with zero attached hydrogens (tertiary/aromatic N) is 1. The van der Waals surface area contributed by atoms with Crippen LogP contribution in [0.5, 0.6) is 11.5 Å². The normalized spacial score (nSPS) is 11.5. The van der Waals surface area contributed by atoms with Crippen LogP contribution in [0.15, 0.2) is 48.5 Å². The third-order valence-electron chi connectivity index (χ3n) is 4.86. The first kappa shape index (κ1) is 23.3. The Bertz CT molecular complexity index is 820. The van der Waals surface area contributed by atoms with Gasteiger partial charge in [-0.1, -0.05) is 37.6 Å². The van der Waals surface area contributed by atoms with Gasteiger partial charge in [0.15, 0.2) is 6.61 Å². The van der Waals surface area contributed by atoms with Crippen LogP contribution in [-0.4, -0.2) is 43.0 Å². The summed E-state index contributed by atoms with van der Waals surface area (Å²) in [6.07, 6.45) is 1.90. The summed E-state index contributed by atoms with van der Waals surface area (Å²) < 4.78 is 10.9. The second-order valence-corrected chi connectivity index (χ2v) is 7.30. The van der Waals surface area contributed by atoms with E-state index < -0.39 is 6.04 Å². The SMILES string of the molecule is CCCCNC(=O)[C@@H](C)N(Cc1ccc(OC)cc1)C(=O)COc1cccc(C)c1. The highest BCUT2D eigenvalue weighted by atomic mass is 16.5. The van der Waals surface area contributed by atoms with Gasteiger partial charge >= 0.3 is 0 Å². The highest BCUT2D eigenvalue weighted by Crippen LogP contribution is 2.16. The molecule has 30 heavy (non-hydrogen) atoms. The number of methoxy groups -OCH3 is 1. The van der Waals surface area contributed by atoms with Gasteiger partial charge in [0.05, 0.1) is 7.11 Å². The summed E-state index contributed by atoms with van der Waals surface area (Å²) in [5, 5.41) is 2.91. The molecule has 1 atom stereocenters. The molecule has 6 heteroatoms. The Labute approximate surface area is 179 Å². The molecule has 162 valence electrons. The maximum atomic E-state index is 13.0. The van der Waals surface area contributed by atoms with Gasteiger partial charge in [0.1, 0.15) is 17.5 Å². The second kappa shape index (κ2) is 11.9. The molecule has 0 radical (unpaired) electrons. The number of aryl methyl sites for hydroxylation is 1. The first-order valence-electron chi connectivity index (χ1n) is 10.3. The van der Waals surface area contributed by atoms with E-state index in [-0.39, 0.29) is 18.4 Å². The number of unbranched alkanes of at least 4 members (excludes halogenated alkanes) is 1. The highest BCUT2D eigenvalue weighted by molar-refractivity contribution is 5.87. The summed E-state index contributed by atoms with van der Waals surface area (Å²) in [5.41, 5.74) is 1.96. The summed E-state index contributed by atoms with van der Waals surface area (Å²) in [6, 6.07) is 14.4. The van der Waals surface area contributed by atoms with Crippen LogP contribution in [-0.2, 0) is 16.1 Å². The van der Waals surface area contributed by atoms with Crippen molar-refractivity contribution >= 4 is 11.8 Å². The largest absolute Gasteiger partial charge is 0.497 e. The van der Waals surface area contributed by atoms with Gasteiger partial charge in [-0.2, -0.15) is 0 Å². The molecule has 0 aliphatic rings. The summed E-state index contributed by atoms with van der Waals surface area (Å²) >= 11 is 0. The van der Waals surface area contributed by atoms with Crippen molar-refractivity contribution in [1.82, 2.24) is 10.2 Å². The lowest BCUT2D eigenvalue weighted by Gasteiger charge is -2.29. The summed E-state index contributed by atoms with van der Waals surface area (Å²) in [6.45, 7) is 6.55. The Morgan fingerprint density at radius 1 is 1.10 bits per heavy atom. The van der Waals surface area contributed by atoms with Crippen LogP contribution in [0.1, 0.15) is 37.8 Å². The first-order chi connectivity index (χ1) is 14.4. The smallest absolute Gasteiger partial charge is 0.261 e. The maximum absolute atomic E-state index is 13.0. The molecule has 0 saturated heterocycles. The second-order valence-electron chi connectivity index (χ2n) is 7.30. The Balaban J connectivity index is 2.11. The Morgan fingerprint density at radius 3 is 2.47 bits per heavy atom. The Hall–Kier alpha value is -3.02. The molecule has 0 unspecified atom stereocenters.